The van der Waals surface area contributed by atoms with Crippen molar-refractivity contribution in [3.8, 4) is 0 Å². The lowest BCUT2D eigenvalue weighted by molar-refractivity contribution is -0.141. The van der Waals surface area contributed by atoms with Crippen LogP contribution in [0.4, 0.5) is 10.5 Å². The number of hydrogen-bond acceptors (Lipinski definition) is 8. The highest BCUT2D eigenvalue weighted by Gasteiger charge is 2.46. The number of amides is 4. The molecular weight excluding hydrogens is 671 g/mol. The van der Waals surface area contributed by atoms with Crippen molar-refractivity contribution in [2.24, 2.45) is 11.3 Å². The van der Waals surface area contributed by atoms with Crippen LogP contribution in [0.2, 0.25) is 0 Å². The fourth-order valence-corrected chi connectivity index (χ4v) is 6.68. The van der Waals surface area contributed by atoms with Crippen molar-refractivity contribution in [2.45, 2.75) is 110 Å². The van der Waals surface area contributed by atoms with Gasteiger partial charge in [-0.05, 0) is 68.9 Å². The third kappa shape index (κ3) is 11.3. The highest BCUT2D eigenvalue weighted by molar-refractivity contribution is 7.90. The van der Waals surface area contributed by atoms with Gasteiger partial charge in [-0.3, -0.25) is 19.3 Å². The molecule has 0 unspecified atom stereocenters. The van der Waals surface area contributed by atoms with E-state index < -0.39 is 68.4 Å². The summed E-state index contributed by atoms with van der Waals surface area (Å²) in [6, 6.07) is 11.9. The van der Waals surface area contributed by atoms with E-state index in [9.17, 15) is 27.6 Å². The Hall–Kier alpha value is -4.39. The van der Waals surface area contributed by atoms with Gasteiger partial charge in [-0.25, -0.2) is 17.9 Å². The predicted octanol–water partition coefficient (Wildman–Crippen LogP) is 5.25. The molecule has 0 aliphatic carbocycles. The molecule has 3 atom stereocenters. The summed E-state index contributed by atoms with van der Waals surface area (Å²) in [4.78, 5) is 57.9. The van der Waals surface area contributed by atoms with E-state index in [1.165, 1.54) is 54.1 Å². The van der Waals surface area contributed by atoms with Gasteiger partial charge >= 0.3 is 6.09 Å². The number of hydrogen-bond donors (Lipinski definition) is 3. The molecule has 2 aromatic carbocycles. The number of nitrogens with two attached hydrogens (primary N) is 1. The Balaban J connectivity index is 2.48. The second-order valence-corrected chi connectivity index (χ2v) is 17.6. The van der Waals surface area contributed by atoms with E-state index in [1.807, 2.05) is 78.8 Å². The number of rotatable bonds is 12. The fourth-order valence-electron chi connectivity index (χ4n) is 5.66. The summed E-state index contributed by atoms with van der Waals surface area (Å²) in [5, 5.41) is 2.97. The highest BCUT2D eigenvalue weighted by atomic mass is 32.2. The van der Waals surface area contributed by atoms with Gasteiger partial charge in [0.05, 0.1) is 10.9 Å². The lowest BCUT2D eigenvalue weighted by Crippen LogP contribution is -2.63. The summed E-state index contributed by atoms with van der Waals surface area (Å²) in [6.07, 6.45) is 0.842. The molecular formula is C38H57N5O7S. The summed E-state index contributed by atoms with van der Waals surface area (Å²) in [5.74, 6) is -2.06. The summed E-state index contributed by atoms with van der Waals surface area (Å²) in [5.41, 5.74) is 4.38. The molecule has 0 bridgehead atoms. The minimum Gasteiger partial charge on any atom is -0.444 e. The van der Waals surface area contributed by atoms with Crippen molar-refractivity contribution >= 4 is 39.5 Å². The highest BCUT2D eigenvalue weighted by Crippen LogP contribution is 2.32. The number of nitrogens with zero attached hydrogens (tertiary/aromatic N) is 2. The van der Waals surface area contributed by atoms with E-state index in [0.29, 0.717) is 5.69 Å². The van der Waals surface area contributed by atoms with E-state index in [2.05, 4.69) is 10.0 Å². The quantitative estimate of drug-likeness (QED) is 0.197. The number of likely N-dealkylation sites (N-methyl/N-ethyl adjacent to an activating group) is 2. The number of carbonyl (C=O) groups is 4. The number of nitrogens with one attached hydrogen (secondary N) is 2. The van der Waals surface area contributed by atoms with E-state index in [-0.39, 0.29) is 16.4 Å². The van der Waals surface area contributed by atoms with E-state index in [4.69, 9.17) is 10.5 Å². The molecule has 0 radical (unpaired) electrons. The van der Waals surface area contributed by atoms with Crippen LogP contribution < -0.4 is 15.8 Å². The zero-order valence-corrected chi connectivity index (χ0v) is 33.1. The molecule has 0 aromatic heterocycles. The molecule has 282 valence electrons. The van der Waals surface area contributed by atoms with Crippen molar-refractivity contribution in [3.63, 3.8) is 0 Å². The minimum atomic E-state index is -4.19. The number of ether oxygens (including phenoxy) is 1. The first-order valence-corrected chi connectivity index (χ1v) is 18.4. The third-order valence-electron chi connectivity index (χ3n) is 8.59. The van der Waals surface area contributed by atoms with Crippen LogP contribution in [0, 0.1) is 11.3 Å². The van der Waals surface area contributed by atoms with Gasteiger partial charge in [0.15, 0.2) is 0 Å². The van der Waals surface area contributed by atoms with Crippen LogP contribution in [-0.2, 0) is 34.6 Å². The molecule has 0 aliphatic rings. The van der Waals surface area contributed by atoms with Crippen molar-refractivity contribution < 1.29 is 32.3 Å². The molecule has 51 heavy (non-hydrogen) atoms. The van der Waals surface area contributed by atoms with Crippen molar-refractivity contribution in [1.29, 1.82) is 0 Å². The SMILES string of the molecule is C/C(=C\[C@H](C(C)C)N(C)C(=O)[C@@H](NC(=O)[C@@H](N(C)C(=O)OC(C)(C)C)C(C)(C)c1ccccc1)C(C)(C)C)C(=O)NS(=O)(=O)c1ccc(N)cc1. The zero-order chi connectivity index (χ0) is 39.3. The van der Waals surface area contributed by atoms with E-state index in [1.54, 1.807) is 27.8 Å². The molecule has 2 aromatic rings. The van der Waals surface area contributed by atoms with Crippen LogP contribution in [0.5, 0.6) is 0 Å². The average Bonchev–Trinajstić information content (AvgIpc) is 3.00. The Morgan fingerprint density at radius 3 is 1.84 bits per heavy atom. The van der Waals surface area contributed by atoms with Crippen LogP contribution in [-0.4, -0.2) is 79.9 Å². The smallest absolute Gasteiger partial charge is 0.410 e. The van der Waals surface area contributed by atoms with Gasteiger partial charge in [0.2, 0.25) is 11.8 Å². The van der Waals surface area contributed by atoms with Gasteiger partial charge in [-0.2, -0.15) is 0 Å². The number of benzene rings is 2. The maximum Gasteiger partial charge on any atom is 0.410 e. The molecule has 0 saturated heterocycles. The Morgan fingerprint density at radius 1 is 0.843 bits per heavy atom. The summed E-state index contributed by atoms with van der Waals surface area (Å²) in [7, 11) is -1.11. The standard InChI is InChI=1S/C38H57N5O7S/c1-24(2)29(23-25(3)32(44)41-51(48,49)28-21-19-27(39)20-22-28)42(12)34(46)30(36(4,5)6)40-33(45)31(43(13)35(47)50-37(7,8)9)38(10,11)26-17-15-14-16-18-26/h14-24,29-31H,39H2,1-13H3,(H,40,45)(H,41,44)/b25-23+/t29-,30-,31-/m1/s1. The first-order chi connectivity index (χ1) is 23.2. The van der Waals surface area contributed by atoms with Gasteiger partial charge in [-0.1, -0.05) is 84.9 Å². The number of sulfonamides is 1. The third-order valence-corrected chi connectivity index (χ3v) is 9.94. The maximum absolute atomic E-state index is 14.4. The molecule has 13 heteroatoms. The minimum absolute atomic E-state index is 0.0763. The Labute approximate surface area is 304 Å². The van der Waals surface area contributed by atoms with Gasteiger partial charge in [0.1, 0.15) is 17.7 Å². The van der Waals surface area contributed by atoms with Gasteiger partial charge in [-0.15, -0.1) is 0 Å². The number of carbonyl (C=O) groups excluding carboxylic acids is 4. The molecule has 12 nitrogen and oxygen atoms in total. The van der Waals surface area contributed by atoms with Gasteiger partial charge < -0.3 is 20.7 Å². The lowest BCUT2D eigenvalue weighted by atomic mass is 9.76. The topological polar surface area (TPSA) is 168 Å². The van der Waals surface area contributed by atoms with Crippen molar-refractivity contribution in [2.75, 3.05) is 19.8 Å². The second kappa shape index (κ2) is 16.3. The van der Waals surface area contributed by atoms with Crippen molar-refractivity contribution in [3.05, 3.63) is 71.8 Å². The lowest BCUT2D eigenvalue weighted by Gasteiger charge is -2.42. The molecule has 0 heterocycles. The van der Waals surface area contributed by atoms with E-state index >= 15 is 0 Å². The Bertz CT molecular complexity index is 1690. The summed E-state index contributed by atoms with van der Waals surface area (Å²) >= 11 is 0. The second-order valence-electron chi connectivity index (χ2n) is 15.9. The molecule has 0 fully saturated rings. The fraction of sp³-hybridized carbons (Fsp3) is 0.526. The largest absolute Gasteiger partial charge is 0.444 e. The summed E-state index contributed by atoms with van der Waals surface area (Å²) in [6.45, 7) is 19.6. The number of anilines is 1. The van der Waals surface area contributed by atoms with Crippen LogP contribution in [0.3, 0.4) is 0 Å². The average molecular weight is 728 g/mol. The van der Waals surface area contributed by atoms with Crippen LogP contribution in [0.15, 0.2) is 71.1 Å². The predicted molar refractivity (Wildman–Crippen MR) is 200 cm³/mol. The zero-order valence-electron chi connectivity index (χ0n) is 32.3. The van der Waals surface area contributed by atoms with E-state index in [0.717, 1.165) is 5.56 Å². The molecule has 4 N–H and O–H groups in total. The molecule has 4 amide bonds. The van der Waals surface area contributed by atoms with Crippen LogP contribution in [0.1, 0.15) is 81.7 Å². The maximum atomic E-state index is 14.4. The molecule has 0 aliphatic heterocycles. The first kappa shape index (κ1) is 42.8. The molecule has 0 spiro atoms. The summed E-state index contributed by atoms with van der Waals surface area (Å²) < 4.78 is 33.4. The first-order valence-electron chi connectivity index (χ1n) is 16.9. The molecule has 0 saturated carbocycles. The van der Waals surface area contributed by atoms with Crippen molar-refractivity contribution in [1.82, 2.24) is 19.8 Å². The van der Waals surface area contributed by atoms with Crippen LogP contribution in [0.25, 0.3) is 0 Å². The number of nitrogen functional groups attached to an aromatic ring is 1. The van der Waals surface area contributed by atoms with Crippen LogP contribution >= 0.6 is 0 Å². The monoisotopic (exact) mass is 727 g/mol. The normalized spacial score (nSPS) is 14.6. The molecule has 2 rings (SSSR count). The Kier molecular flexibility index (Phi) is 13.7. The Morgan fingerprint density at radius 2 is 1.37 bits per heavy atom. The van der Waals surface area contributed by atoms with Gasteiger partial charge in [0.25, 0.3) is 15.9 Å². The van der Waals surface area contributed by atoms with Gasteiger partial charge in [0, 0.05) is 30.8 Å².